The molecule has 0 spiro atoms. The van der Waals surface area contributed by atoms with E-state index in [0.29, 0.717) is 5.04 Å². The van der Waals surface area contributed by atoms with E-state index in [2.05, 4.69) is 6.07 Å². The number of thioether (sulfide) groups is 1. The Labute approximate surface area is 88.2 Å². The van der Waals surface area contributed by atoms with Crippen LogP contribution in [0.1, 0.15) is 17.5 Å². The van der Waals surface area contributed by atoms with Gasteiger partial charge in [-0.05, 0) is 42.9 Å². The van der Waals surface area contributed by atoms with E-state index in [1.807, 2.05) is 18.4 Å². The van der Waals surface area contributed by atoms with Crippen molar-refractivity contribution in [2.75, 3.05) is 12.9 Å². The van der Waals surface area contributed by atoms with Crippen molar-refractivity contribution in [2.45, 2.75) is 12.8 Å². The minimum Gasteiger partial charge on any atom is -0.493 e. The Bertz CT molecular complexity index is 362. The fourth-order valence-corrected chi connectivity index (χ4v) is 1.98. The van der Waals surface area contributed by atoms with Crippen molar-refractivity contribution in [3.63, 3.8) is 0 Å². The lowest BCUT2D eigenvalue weighted by Crippen LogP contribution is -2.09. The standard InChI is InChI=1S/C11H13NOS/c1-14-11(12)9-4-5-10-8(7-9)3-2-6-13-10/h4-5,7,12H,2-3,6H2,1H3. The Hall–Kier alpha value is -0.960. The average molecular weight is 207 g/mol. The van der Waals surface area contributed by atoms with E-state index in [4.69, 9.17) is 10.1 Å². The van der Waals surface area contributed by atoms with Crippen LogP contribution in [0, 0.1) is 5.41 Å². The predicted octanol–water partition coefficient (Wildman–Crippen LogP) is 2.70. The van der Waals surface area contributed by atoms with Crippen molar-refractivity contribution >= 4 is 16.8 Å². The highest BCUT2D eigenvalue weighted by Crippen LogP contribution is 2.26. The molecule has 74 valence electrons. The number of fused-ring (bicyclic) bond motifs is 1. The van der Waals surface area contributed by atoms with Crippen LogP contribution in [-0.4, -0.2) is 17.9 Å². The molecule has 1 heterocycles. The molecule has 0 aromatic heterocycles. The third-order valence-corrected chi connectivity index (χ3v) is 3.02. The van der Waals surface area contributed by atoms with Gasteiger partial charge >= 0.3 is 0 Å². The minimum absolute atomic E-state index is 0.623. The Kier molecular flexibility index (Phi) is 2.77. The molecule has 0 amide bonds. The number of benzene rings is 1. The van der Waals surface area contributed by atoms with Crippen molar-refractivity contribution in [1.29, 1.82) is 5.41 Å². The van der Waals surface area contributed by atoms with E-state index < -0.39 is 0 Å². The Balaban J connectivity index is 2.33. The summed E-state index contributed by atoms with van der Waals surface area (Å²) in [5, 5.41) is 8.34. The molecule has 1 aliphatic rings. The van der Waals surface area contributed by atoms with Crippen LogP contribution >= 0.6 is 11.8 Å². The second-order valence-electron chi connectivity index (χ2n) is 3.31. The van der Waals surface area contributed by atoms with E-state index in [9.17, 15) is 0 Å². The van der Waals surface area contributed by atoms with Crippen molar-refractivity contribution < 1.29 is 4.74 Å². The van der Waals surface area contributed by atoms with E-state index in [0.717, 1.165) is 30.8 Å². The molecule has 0 unspecified atom stereocenters. The molecule has 1 N–H and O–H groups in total. The number of nitrogens with one attached hydrogen (secondary N) is 1. The van der Waals surface area contributed by atoms with E-state index in [1.165, 1.54) is 17.3 Å². The lowest BCUT2D eigenvalue weighted by atomic mass is 10.0. The summed E-state index contributed by atoms with van der Waals surface area (Å²) < 4.78 is 5.51. The first kappa shape index (κ1) is 9.59. The van der Waals surface area contributed by atoms with Gasteiger partial charge in [0.1, 0.15) is 5.75 Å². The Morgan fingerprint density at radius 2 is 2.36 bits per heavy atom. The van der Waals surface area contributed by atoms with Crippen LogP contribution in [0.3, 0.4) is 0 Å². The molecule has 1 aromatic carbocycles. The SMILES string of the molecule is CSC(=N)c1ccc2c(c1)CCCO2. The van der Waals surface area contributed by atoms with Crippen LogP contribution in [0.2, 0.25) is 0 Å². The number of hydrogen-bond donors (Lipinski definition) is 1. The number of rotatable bonds is 1. The molecule has 2 nitrogen and oxygen atoms in total. The van der Waals surface area contributed by atoms with Gasteiger partial charge in [0.2, 0.25) is 0 Å². The second-order valence-corrected chi connectivity index (χ2v) is 4.12. The predicted molar refractivity (Wildman–Crippen MR) is 60.6 cm³/mol. The highest BCUT2D eigenvalue weighted by molar-refractivity contribution is 8.13. The quantitative estimate of drug-likeness (QED) is 0.567. The summed E-state index contributed by atoms with van der Waals surface area (Å²) in [7, 11) is 0. The maximum atomic E-state index is 7.72. The molecule has 0 fully saturated rings. The largest absolute Gasteiger partial charge is 0.493 e. The Morgan fingerprint density at radius 3 is 3.14 bits per heavy atom. The molecule has 0 saturated carbocycles. The van der Waals surface area contributed by atoms with Crippen LogP contribution in [-0.2, 0) is 6.42 Å². The summed E-state index contributed by atoms with van der Waals surface area (Å²) >= 11 is 1.47. The summed E-state index contributed by atoms with van der Waals surface area (Å²) in [4.78, 5) is 0. The topological polar surface area (TPSA) is 33.1 Å². The van der Waals surface area contributed by atoms with Gasteiger partial charge in [0.05, 0.1) is 11.7 Å². The summed E-state index contributed by atoms with van der Waals surface area (Å²) in [6.07, 6.45) is 4.09. The maximum absolute atomic E-state index is 7.72. The van der Waals surface area contributed by atoms with Crippen molar-refractivity contribution in [2.24, 2.45) is 0 Å². The zero-order valence-electron chi connectivity index (χ0n) is 8.17. The van der Waals surface area contributed by atoms with Crippen LogP contribution in [0.15, 0.2) is 18.2 Å². The summed E-state index contributed by atoms with van der Waals surface area (Å²) in [5.74, 6) is 0.994. The smallest absolute Gasteiger partial charge is 0.122 e. The van der Waals surface area contributed by atoms with Gasteiger partial charge in [0.15, 0.2) is 0 Å². The van der Waals surface area contributed by atoms with Crippen molar-refractivity contribution in [1.82, 2.24) is 0 Å². The molecular formula is C11H13NOS. The van der Waals surface area contributed by atoms with Gasteiger partial charge in [0, 0.05) is 5.56 Å². The molecule has 0 bridgehead atoms. The molecular weight excluding hydrogens is 194 g/mol. The third-order valence-electron chi connectivity index (χ3n) is 2.37. The van der Waals surface area contributed by atoms with Gasteiger partial charge in [-0.25, -0.2) is 0 Å². The number of hydrogen-bond acceptors (Lipinski definition) is 3. The van der Waals surface area contributed by atoms with Gasteiger partial charge in [-0.2, -0.15) is 0 Å². The highest BCUT2D eigenvalue weighted by atomic mass is 32.2. The van der Waals surface area contributed by atoms with Crippen LogP contribution < -0.4 is 4.74 Å². The van der Waals surface area contributed by atoms with E-state index >= 15 is 0 Å². The molecule has 0 aliphatic carbocycles. The fourth-order valence-electron chi connectivity index (χ4n) is 1.62. The summed E-state index contributed by atoms with van der Waals surface area (Å²) in [6.45, 7) is 0.826. The van der Waals surface area contributed by atoms with Crippen molar-refractivity contribution in [3.8, 4) is 5.75 Å². The van der Waals surface area contributed by atoms with Gasteiger partial charge in [-0.1, -0.05) is 0 Å². The molecule has 0 radical (unpaired) electrons. The van der Waals surface area contributed by atoms with Crippen LogP contribution in [0.25, 0.3) is 0 Å². The first-order valence-corrected chi connectivity index (χ1v) is 5.92. The molecule has 1 aliphatic heterocycles. The van der Waals surface area contributed by atoms with E-state index in [1.54, 1.807) is 0 Å². The van der Waals surface area contributed by atoms with Crippen LogP contribution in [0.5, 0.6) is 5.75 Å². The van der Waals surface area contributed by atoms with Gasteiger partial charge in [-0.15, -0.1) is 11.8 Å². The minimum atomic E-state index is 0.623. The normalized spacial score (nSPS) is 14.4. The molecule has 0 saturated heterocycles. The summed E-state index contributed by atoms with van der Waals surface area (Å²) in [5.41, 5.74) is 2.24. The number of aryl methyl sites for hydroxylation is 1. The lowest BCUT2D eigenvalue weighted by molar-refractivity contribution is 0.288. The lowest BCUT2D eigenvalue weighted by Gasteiger charge is -2.17. The van der Waals surface area contributed by atoms with Crippen molar-refractivity contribution in [3.05, 3.63) is 29.3 Å². The van der Waals surface area contributed by atoms with Gasteiger partial charge in [-0.3, -0.25) is 5.41 Å². The van der Waals surface area contributed by atoms with Crippen LogP contribution in [0.4, 0.5) is 0 Å². The fraction of sp³-hybridized carbons (Fsp3) is 0.364. The maximum Gasteiger partial charge on any atom is 0.122 e. The monoisotopic (exact) mass is 207 g/mol. The average Bonchev–Trinajstić information content (AvgIpc) is 2.27. The first-order valence-electron chi connectivity index (χ1n) is 4.70. The third kappa shape index (κ3) is 1.77. The van der Waals surface area contributed by atoms with Gasteiger partial charge in [0.25, 0.3) is 0 Å². The highest BCUT2D eigenvalue weighted by Gasteiger charge is 2.11. The molecule has 14 heavy (non-hydrogen) atoms. The molecule has 1 aromatic rings. The zero-order chi connectivity index (χ0) is 9.97. The second kappa shape index (κ2) is 4.05. The van der Waals surface area contributed by atoms with Gasteiger partial charge < -0.3 is 4.74 Å². The molecule has 0 atom stereocenters. The molecule has 3 heteroatoms. The Morgan fingerprint density at radius 1 is 1.50 bits per heavy atom. The summed E-state index contributed by atoms with van der Waals surface area (Å²) in [6, 6.07) is 6.02. The zero-order valence-corrected chi connectivity index (χ0v) is 8.99. The number of ether oxygens (including phenoxy) is 1. The van der Waals surface area contributed by atoms with E-state index in [-0.39, 0.29) is 0 Å². The first-order chi connectivity index (χ1) is 6.81. The molecule has 2 rings (SSSR count).